The fourth-order valence-corrected chi connectivity index (χ4v) is 3.02. The van der Waals surface area contributed by atoms with Crippen molar-refractivity contribution in [3.8, 4) is 0 Å². The van der Waals surface area contributed by atoms with Crippen LogP contribution in [0.3, 0.4) is 0 Å². The van der Waals surface area contributed by atoms with Crippen molar-refractivity contribution in [2.75, 3.05) is 14.2 Å². The number of carbonyl (C=O) groups is 2. The highest BCUT2D eigenvalue weighted by atomic mass is 16.7. The van der Waals surface area contributed by atoms with Crippen molar-refractivity contribution in [2.45, 2.75) is 19.8 Å². The van der Waals surface area contributed by atoms with Crippen LogP contribution in [0.25, 0.3) is 0 Å². The van der Waals surface area contributed by atoms with Gasteiger partial charge in [0.1, 0.15) is 0 Å². The number of carboxylic acid groups (broad SMARTS) is 1. The SMILES string of the molecule is CON(C)C(=O)C12CC(C(=O)O)(C1)C2C. The molecule has 0 spiro atoms. The normalized spacial score (nSPS) is 41.4. The Hall–Kier alpha value is -1.10. The van der Waals surface area contributed by atoms with Crippen LogP contribution < -0.4 is 0 Å². The molecular formula is C10H15NO4. The molecule has 5 nitrogen and oxygen atoms in total. The van der Waals surface area contributed by atoms with E-state index in [9.17, 15) is 9.59 Å². The Morgan fingerprint density at radius 3 is 2.27 bits per heavy atom. The number of aliphatic carboxylic acids is 1. The topological polar surface area (TPSA) is 66.8 Å². The van der Waals surface area contributed by atoms with E-state index < -0.39 is 16.8 Å². The second-order valence-corrected chi connectivity index (χ2v) is 4.68. The van der Waals surface area contributed by atoms with Crippen molar-refractivity contribution in [3.63, 3.8) is 0 Å². The molecule has 0 aromatic heterocycles. The van der Waals surface area contributed by atoms with Crippen LogP contribution in [-0.4, -0.2) is 36.2 Å². The Balaban J connectivity index is 2.12. The molecule has 1 amide bonds. The molecule has 3 saturated carbocycles. The summed E-state index contributed by atoms with van der Waals surface area (Å²) in [5, 5.41) is 10.2. The van der Waals surface area contributed by atoms with Crippen molar-refractivity contribution in [3.05, 3.63) is 0 Å². The quantitative estimate of drug-likeness (QED) is 0.693. The van der Waals surface area contributed by atoms with Crippen LogP contribution in [0, 0.1) is 16.7 Å². The van der Waals surface area contributed by atoms with Gasteiger partial charge in [0.05, 0.1) is 17.9 Å². The summed E-state index contributed by atoms with van der Waals surface area (Å²) in [5.41, 5.74) is -1.10. The summed E-state index contributed by atoms with van der Waals surface area (Å²) in [5.74, 6) is -0.946. The smallest absolute Gasteiger partial charge is 0.310 e. The summed E-state index contributed by atoms with van der Waals surface area (Å²) in [6, 6.07) is 0. The highest BCUT2D eigenvalue weighted by Crippen LogP contribution is 2.77. The molecule has 0 aromatic rings. The summed E-state index contributed by atoms with van der Waals surface area (Å²) in [7, 11) is 2.99. The summed E-state index contributed by atoms with van der Waals surface area (Å²) in [6.07, 6.45) is 0.923. The molecule has 2 bridgehead atoms. The maximum absolute atomic E-state index is 11.9. The molecule has 0 aromatic carbocycles. The molecule has 1 N–H and O–H groups in total. The average molecular weight is 213 g/mol. The average Bonchev–Trinajstić information content (AvgIpc) is 2.13. The van der Waals surface area contributed by atoms with Crippen molar-refractivity contribution >= 4 is 11.9 Å². The second-order valence-electron chi connectivity index (χ2n) is 4.68. The van der Waals surface area contributed by atoms with Gasteiger partial charge < -0.3 is 5.11 Å². The molecule has 0 heterocycles. The Morgan fingerprint density at radius 2 is 1.93 bits per heavy atom. The number of carboxylic acids is 1. The number of carbonyl (C=O) groups excluding carboxylic acids is 1. The minimum atomic E-state index is -0.773. The zero-order valence-corrected chi connectivity index (χ0v) is 9.11. The lowest BCUT2D eigenvalue weighted by Gasteiger charge is -2.72. The molecule has 1 unspecified atom stereocenters. The van der Waals surface area contributed by atoms with Crippen LogP contribution in [0.2, 0.25) is 0 Å². The van der Waals surface area contributed by atoms with E-state index >= 15 is 0 Å². The fourth-order valence-electron chi connectivity index (χ4n) is 3.02. The van der Waals surface area contributed by atoms with Gasteiger partial charge in [-0.1, -0.05) is 6.92 Å². The summed E-state index contributed by atoms with van der Waals surface area (Å²) >= 11 is 0. The first-order chi connectivity index (χ1) is 6.90. The Labute approximate surface area is 88.0 Å². The third kappa shape index (κ3) is 0.916. The molecule has 1 atom stereocenters. The van der Waals surface area contributed by atoms with Gasteiger partial charge in [0.2, 0.25) is 0 Å². The van der Waals surface area contributed by atoms with E-state index in [1.165, 1.54) is 12.2 Å². The van der Waals surface area contributed by atoms with Gasteiger partial charge >= 0.3 is 5.97 Å². The maximum Gasteiger partial charge on any atom is 0.310 e. The van der Waals surface area contributed by atoms with Gasteiger partial charge in [0, 0.05) is 7.05 Å². The van der Waals surface area contributed by atoms with E-state index in [-0.39, 0.29) is 11.8 Å². The maximum atomic E-state index is 11.9. The largest absolute Gasteiger partial charge is 0.481 e. The van der Waals surface area contributed by atoms with Crippen molar-refractivity contribution in [2.24, 2.45) is 16.7 Å². The first kappa shape index (κ1) is 10.4. The Morgan fingerprint density at radius 1 is 1.40 bits per heavy atom. The van der Waals surface area contributed by atoms with Crippen molar-refractivity contribution in [1.29, 1.82) is 0 Å². The predicted octanol–water partition coefficient (Wildman–Crippen LogP) is 0.507. The van der Waals surface area contributed by atoms with Crippen LogP contribution in [0.15, 0.2) is 0 Å². The standard InChI is InChI=1S/C10H15NO4/c1-6-9(7(12)11(2)15-3)4-10(6,5-9)8(13)14/h6H,4-5H2,1-3H3,(H,13,14). The highest BCUT2D eigenvalue weighted by Gasteiger charge is 2.80. The number of rotatable bonds is 3. The highest BCUT2D eigenvalue weighted by molar-refractivity contribution is 5.93. The molecule has 84 valence electrons. The van der Waals surface area contributed by atoms with Gasteiger partial charge in [-0.2, -0.15) is 0 Å². The monoisotopic (exact) mass is 213 g/mol. The van der Waals surface area contributed by atoms with E-state index in [4.69, 9.17) is 9.94 Å². The van der Waals surface area contributed by atoms with Gasteiger partial charge in [0.25, 0.3) is 5.91 Å². The van der Waals surface area contributed by atoms with Crippen LogP contribution >= 0.6 is 0 Å². The van der Waals surface area contributed by atoms with Crippen LogP contribution in [-0.2, 0) is 14.4 Å². The lowest BCUT2D eigenvalue weighted by molar-refractivity contribution is -0.275. The first-order valence-electron chi connectivity index (χ1n) is 4.96. The third-order valence-electron chi connectivity index (χ3n) is 4.33. The van der Waals surface area contributed by atoms with E-state index in [2.05, 4.69) is 0 Å². The summed E-state index contributed by atoms with van der Waals surface area (Å²) < 4.78 is 0. The van der Waals surface area contributed by atoms with Gasteiger partial charge in [-0.05, 0) is 18.8 Å². The van der Waals surface area contributed by atoms with Crippen LogP contribution in [0.1, 0.15) is 19.8 Å². The van der Waals surface area contributed by atoms with Crippen LogP contribution in [0.5, 0.6) is 0 Å². The fraction of sp³-hybridized carbons (Fsp3) is 0.800. The minimum absolute atomic E-state index is 0.0763. The van der Waals surface area contributed by atoms with Gasteiger partial charge in [-0.15, -0.1) is 0 Å². The molecule has 0 radical (unpaired) electrons. The predicted molar refractivity (Wildman–Crippen MR) is 50.7 cm³/mol. The van der Waals surface area contributed by atoms with Gasteiger partial charge in [-0.3, -0.25) is 14.4 Å². The van der Waals surface area contributed by atoms with E-state index in [1.54, 1.807) is 7.05 Å². The molecule has 15 heavy (non-hydrogen) atoms. The molecule has 0 saturated heterocycles. The Kier molecular flexibility index (Phi) is 1.89. The molecule has 3 fully saturated rings. The first-order valence-corrected chi connectivity index (χ1v) is 4.96. The molecular weight excluding hydrogens is 198 g/mol. The zero-order chi connectivity index (χ0) is 11.4. The van der Waals surface area contributed by atoms with Crippen LogP contribution in [0.4, 0.5) is 0 Å². The zero-order valence-electron chi connectivity index (χ0n) is 9.11. The van der Waals surface area contributed by atoms with Gasteiger partial charge in [-0.25, -0.2) is 5.06 Å². The summed E-state index contributed by atoms with van der Waals surface area (Å²) in [4.78, 5) is 27.7. The second kappa shape index (κ2) is 2.72. The Bertz CT molecular complexity index is 332. The molecule has 3 rings (SSSR count). The molecule has 3 aliphatic rings. The molecule has 3 aliphatic carbocycles. The third-order valence-corrected chi connectivity index (χ3v) is 4.33. The number of amides is 1. The van der Waals surface area contributed by atoms with E-state index in [0.717, 1.165) is 0 Å². The minimum Gasteiger partial charge on any atom is -0.481 e. The van der Waals surface area contributed by atoms with Gasteiger partial charge in [0.15, 0.2) is 0 Å². The molecule has 5 heteroatoms. The summed E-state index contributed by atoms with van der Waals surface area (Å²) in [6.45, 7) is 1.84. The number of nitrogens with zero attached hydrogens (tertiary/aromatic N) is 1. The number of hydrogen-bond acceptors (Lipinski definition) is 3. The lowest BCUT2D eigenvalue weighted by Crippen LogP contribution is -2.76. The number of hydroxylamine groups is 2. The lowest BCUT2D eigenvalue weighted by atomic mass is 9.29. The van der Waals surface area contributed by atoms with E-state index in [1.807, 2.05) is 6.92 Å². The van der Waals surface area contributed by atoms with Crippen molar-refractivity contribution in [1.82, 2.24) is 5.06 Å². The molecule has 0 aliphatic heterocycles. The van der Waals surface area contributed by atoms with E-state index in [0.29, 0.717) is 12.8 Å². The number of hydrogen-bond donors (Lipinski definition) is 1. The van der Waals surface area contributed by atoms with Crippen molar-refractivity contribution < 1.29 is 19.5 Å².